The van der Waals surface area contributed by atoms with E-state index in [1.807, 2.05) is 0 Å². The molecule has 1 amide bonds. The van der Waals surface area contributed by atoms with E-state index < -0.39 is 0 Å². The van der Waals surface area contributed by atoms with Gasteiger partial charge in [-0.15, -0.1) is 0 Å². The number of aliphatic hydroxyl groups is 1. The van der Waals surface area contributed by atoms with Crippen molar-refractivity contribution in [3.8, 4) is 0 Å². The SMILES string of the molecule is CC(C)(C)CC(CO)NC(=O)c1ccoc1. The topological polar surface area (TPSA) is 62.5 Å². The first-order valence-electron chi connectivity index (χ1n) is 5.36. The Hall–Kier alpha value is -1.29. The largest absolute Gasteiger partial charge is 0.472 e. The van der Waals surface area contributed by atoms with E-state index >= 15 is 0 Å². The van der Waals surface area contributed by atoms with Crippen molar-refractivity contribution in [2.24, 2.45) is 5.41 Å². The monoisotopic (exact) mass is 225 g/mol. The Morgan fingerprint density at radius 3 is 2.69 bits per heavy atom. The van der Waals surface area contributed by atoms with Gasteiger partial charge in [-0.25, -0.2) is 0 Å². The standard InChI is InChI=1S/C12H19NO3/c1-12(2,3)6-10(7-14)13-11(15)9-4-5-16-8-9/h4-5,8,10,14H,6-7H2,1-3H3,(H,13,15). The number of aliphatic hydroxyl groups excluding tert-OH is 1. The van der Waals surface area contributed by atoms with Crippen LogP contribution >= 0.6 is 0 Å². The molecule has 0 radical (unpaired) electrons. The molecule has 0 spiro atoms. The van der Waals surface area contributed by atoms with Gasteiger partial charge in [0.1, 0.15) is 6.26 Å². The van der Waals surface area contributed by atoms with E-state index in [0.717, 1.165) is 6.42 Å². The maximum Gasteiger partial charge on any atom is 0.254 e. The third kappa shape index (κ3) is 4.06. The van der Waals surface area contributed by atoms with Crippen molar-refractivity contribution in [2.45, 2.75) is 33.2 Å². The van der Waals surface area contributed by atoms with Crippen LogP contribution in [0.25, 0.3) is 0 Å². The summed E-state index contributed by atoms with van der Waals surface area (Å²) >= 11 is 0. The Balaban J connectivity index is 2.54. The third-order valence-electron chi connectivity index (χ3n) is 2.20. The Morgan fingerprint density at radius 2 is 2.25 bits per heavy atom. The van der Waals surface area contributed by atoms with Crippen LogP contribution in [0.2, 0.25) is 0 Å². The lowest BCUT2D eigenvalue weighted by atomic mass is 9.88. The van der Waals surface area contributed by atoms with E-state index in [9.17, 15) is 9.90 Å². The minimum atomic E-state index is -0.220. The van der Waals surface area contributed by atoms with Crippen LogP contribution in [0.15, 0.2) is 23.0 Å². The number of carbonyl (C=O) groups is 1. The minimum Gasteiger partial charge on any atom is -0.472 e. The summed E-state index contributed by atoms with van der Waals surface area (Å²) in [4.78, 5) is 11.7. The molecule has 2 N–H and O–H groups in total. The van der Waals surface area contributed by atoms with Crippen molar-refractivity contribution >= 4 is 5.91 Å². The molecule has 1 atom stereocenters. The Labute approximate surface area is 95.7 Å². The fourth-order valence-electron chi connectivity index (χ4n) is 1.56. The second-order valence-electron chi connectivity index (χ2n) is 5.13. The zero-order valence-corrected chi connectivity index (χ0v) is 9.99. The van der Waals surface area contributed by atoms with E-state index in [1.165, 1.54) is 12.5 Å². The predicted octanol–water partition coefficient (Wildman–Crippen LogP) is 1.81. The second kappa shape index (κ2) is 5.16. The van der Waals surface area contributed by atoms with E-state index in [4.69, 9.17) is 4.42 Å². The summed E-state index contributed by atoms with van der Waals surface area (Å²) in [6, 6.07) is 1.38. The van der Waals surface area contributed by atoms with Crippen molar-refractivity contribution in [1.82, 2.24) is 5.32 Å². The summed E-state index contributed by atoms with van der Waals surface area (Å²) in [7, 11) is 0. The molecular weight excluding hydrogens is 206 g/mol. The fourth-order valence-corrected chi connectivity index (χ4v) is 1.56. The summed E-state index contributed by atoms with van der Waals surface area (Å²) in [5.41, 5.74) is 0.546. The van der Waals surface area contributed by atoms with Gasteiger partial charge in [0.15, 0.2) is 0 Å². The molecule has 0 aromatic carbocycles. The van der Waals surface area contributed by atoms with Crippen LogP contribution in [0.5, 0.6) is 0 Å². The molecule has 1 heterocycles. The molecule has 0 aliphatic heterocycles. The van der Waals surface area contributed by atoms with Gasteiger partial charge < -0.3 is 14.8 Å². The summed E-state index contributed by atoms with van der Waals surface area (Å²) < 4.78 is 4.83. The molecule has 0 saturated carbocycles. The van der Waals surface area contributed by atoms with Gasteiger partial charge >= 0.3 is 0 Å². The summed E-state index contributed by atoms with van der Waals surface area (Å²) in [6.07, 6.45) is 3.57. The van der Waals surface area contributed by atoms with Gasteiger partial charge in [-0.05, 0) is 17.9 Å². The van der Waals surface area contributed by atoms with Gasteiger partial charge in [-0.2, -0.15) is 0 Å². The van der Waals surface area contributed by atoms with E-state index in [-0.39, 0.29) is 24.0 Å². The normalized spacial score (nSPS) is 13.5. The van der Waals surface area contributed by atoms with Crippen molar-refractivity contribution in [3.63, 3.8) is 0 Å². The lowest BCUT2D eigenvalue weighted by Gasteiger charge is -2.25. The number of hydrogen-bond donors (Lipinski definition) is 2. The molecular formula is C12H19NO3. The highest BCUT2D eigenvalue weighted by Gasteiger charge is 2.20. The lowest BCUT2D eigenvalue weighted by molar-refractivity contribution is 0.0897. The zero-order chi connectivity index (χ0) is 12.2. The van der Waals surface area contributed by atoms with Crippen molar-refractivity contribution in [3.05, 3.63) is 24.2 Å². The first-order chi connectivity index (χ1) is 7.42. The van der Waals surface area contributed by atoms with E-state index in [1.54, 1.807) is 6.07 Å². The third-order valence-corrected chi connectivity index (χ3v) is 2.20. The number of amides is 1. The van der Waals surface area contributed by atoms with Crippen LogP contribution in [0, 0.1) is 5.41 Å². The highest BCUT2D eigenvalue weighted by Crippen LogP contribution is 2.20. The van der Waals surface area contributed by atoms with Crippen molar-refractivity contribution < 1.29 is 14.3 Å². The van der Waals surface area contributed by atoms with E-state index in [0.29, 0.717) is 5.56 Å². The van der Waals surface area contributed by atoms with Crippen molar-refractivity contribution in [1.29, 1.82) is 0 Å². The molecule has 0 saturated heterocycles. The number of carbonyl (C=O) groups excluding carboxylic acids is 1. The molecule has 4 nitrogen and oxygen atoms in total. The molecule has 1 aromatic rings. The summed E-state index contributed by atoms with van der Waals surface area (Å²) in [6.45, 7) is 6.15. The molecule has 1 unspecified atom stereocenters. The smallest absolute Gasteiger partial charge is 0.254 e. The Bertz CT molecular complexity index is 325. The second-order valence-corrected chi connectivity index (χ2v) is 5.13. The molecule has 0 bridgehead atoms. The average Bonchev–Trinajstić information content (AvgIpc) is 2.67. The summed E-state index contributed by atoms with van der Waals surface area (Å²) in [5.74, 6) is -0.211. The molecule has 4 heteroatoms. The Kier molecular flexibility index (Phi) is 4.12. The van der Waals surface area contributed by atoms with Crippen LogP contribution in [0.1, 0.15) is 37.6 Å². The molecule has 0 aliphatic carbocycles. The molecule has 90 valence electrons. The number of nitrogens with one attached hydrogen (secondary N) is 1. The Morgan fingerprint density at radius 1 is 1.56 bits per heavy atom. The van der Waals surface area contributed by atoms with E-state index in [2.05, 4.69) is 26.1 Å². The predicted molar refractivity (Wildman–Crippen MR) is 61.1 cm³/mol. The fraction of sp³-hybridized carbons (Fsp3) is 0.583. The summed E-state index contributed by atoms with van der Waals surface area (Å²) in [5, 5.41) is 12.0. The number of furan rings is 1. The average molecular weight is 225 g/mol. The highest BCUT2D eigenvalue weighted by molar-refractivity contribution is 5.93. The van der Waals surface area contributed by atoms with Gasteiger partial charge in [0.05, 0.1) is 24.5 Å². The molecule has 1 aromatic heterocycles. The first-order valence-corrected chi connectivity index (χ1v) is 5.36. The highest BCUT2D eigenvalue weighted by atomic mass is 16.3. The van der Waals surface area contributed by atoms with Crippen molar-refractivity contribution in [2.75, 3.05) is 6.61 Å². The lowest BCUT2D eigenvalue weighted by Crippen LogP contribution is -2.39. The molecule has 16 heavy (non-hydrogen) atoms. The van der Waals surface area contributed by atoms with Crippen LogP contribution in [-0.4, -0.2) is 23.7 Å². The van der Waals surface area contributed by atoms with Gasteiger partial charge in [-0.1, -0.05) is 20.8 Å². The molecule has 0 fully saturated rings. The first kappa shape index (κ1) is 12.8. The molecule has 1 rings (SSSR count). The van der Waals surface area contributed by atoms with Crippen LogP contribution < -0.4 is 5.32 Å². The van der Waals surface area contributed by atoms with Crippen LogP contribution in [0.4, 0.5) is 0 Å². The number of hydrogen-bond acceptors (Lipinski definition) is 3. The maximum atomic E-state index is 11.7. The van der Waals surface area contributed by atoms with Crippen LogP contribution in [0.3, 0.4) is 0 Å². The number of rotatable bonds is 4. The zero-order valence-electron chi connectivity index (χ0n) is 9.99. The quantitative estimate of drug-likeness (QED) is 0.821. The van der Waals surface area contributed by atoms with Gasteiger partial charge in [0, 0.05) is 0 Å². The van der Waals surface area contributed by atoms with Crippen LogP contribution in [-0.2, 0) is 0 Å². The molecule has 0 aliphatic rings. The van der Waals surface area contributed by atoms with Gasteiger partial charge in [0.2, 0.25) is 0 Å². The van der Waals surface area contributed by atoms with Gasteiger partial charge in [0.25, 0.3) is 5.91 Å². The minimum absolute atomic E-state index is 0.0547. The maximum absolute atomic E-state index is 11.7. The van der Waals surface area contributed by atoms with Gasteiger partial charge in [-0.3, -0.25) is 4.79 Å².